The van der Waals surface area contributed by atoms with Gasteiger partial charge in [-0.2, -0.15) is 0 Å². The van der Waals surface area contributed by atoms with Crippen molar-refractivity contribution in [1.29, 1.82) is 0 Å². The van der Waals surface area contributed by atoms with E-state index >= 15 is 0 Å². The Bertz CT molecular complexity index is 1040. The molecular formula is C23H25N3O4. The second kappa shape index (κ2) is 9.19. The SMILES string of the molecule is COc1cc(Cc2cc(C(=O)NC[C@H]3CCOC[C@@H]3O)nc3ccccc23)ccn1. The van der Waals surface area contributed by atoms with Crippen molar-refractivity contribution in [1.82, 2.24) is 15.3 Å². The largest absolute Gasteiger partial charge is 0.481 e. The molecule has 0 radical (unpaired) electrons. The van der Waals surface area contributed by atoms with Crippen LogP contribution < -0.4 is 10.1 Å². The van der Waals surface area contributed by atoms with Crippen molar-refractivity contribution >= 4 is 16.8 Å². The van der Waals surface area contributed by atoms with Gasteiger partial charge >= 0.3 is 0 Å². The predicted octanol–water partition coefficient (Wildman–Crippen LogP) is 2.36. The van der Waals surface area contributed by atoms with E-state index in [9.17, 15) is 9.90 Å². The molecule has 1 aromatic carbocycles. The first-order valence-corrected chi connectivity index (χ1v) is 10.1. The first-order chi connectivity index (χ1) is 14.6. The number of carbonyl (C=O) groups is 1. The highest BCUT2D eigenvalue weighted by Gasteiger charge is 2.24. The standard InChI is InChI=1S/C23H25N3O4/c1-29-22-11-15(6-8-24-22)10-17-12-20(26-19-5-3-2-4-18(17)19)23(28)25-13-16-7-9-30-14-21(16)27/h2-6,8,11-12,16,21,27H,7,9-10,13-14H2,1H3,(H,25,28)/t16-,21+/m1/s1. The molecule has 30 heavy (non-hydrogen) atoms. The Hall–Kier alpha value is -3.03. The van der Waals surface area contributed by atoms with Gasteiger partial charge in [0.25, 0.3) is 5.91 Å². The number of aliphatic hydroxyl groups is 1. The molecule has 3 heterocycles. The zero-order valence-electron chi connectivity index (χ0n) is 16.9. The van der Waals surface area contributed by atoms with Crippen LogP contribution in [0.1, 0.15) is 28.0 Å². The number of para-hydroxylation sites is 1. The number of fused-ring (bicyclic) bond motifs is 1. The summed E-state index contributed by atoms with van der Waals surface area (Å²) in [5.74, 6) is 0.304. The number of pyridine rings is 2. The van der Waals surface area contributed by atoms with Gasteiger partial charge in [0.15, 0.2) is 0 Å². The van der Waals surface area contributed by atoms with Crippen LogP contribution >= 0.6 is 0 Å². The second-order valence-corrected chi connectivity index (χ2v) is 7.47. The highest BCUT2D eigenvalue weighted by Crippen LogP contribution is 2.23. The molecule has 1 saturated heterocycles. The van der Waals surface area contributed by atoms with Gasteiger partial charge in [0.1, 0.15) is 5.69 Å². The molecule has 0 saturated carbocycles. The fourth-order valence-electron chi connectivity index (χ4n) is 3.72. The minimum absolute atomic E-state index is 0.00749. The number of hydrogen-bond acceptors (Lipinski definition) is 6. The summed E-state index contributed by atoms with van der Waals surface area (Å²) in [7, 11) is 1.59. The van der Waals surface area contributed by atoms with Crippen LogP contribution in [0, 0.1) is 5.92 Å². The van der Waals surface area contributed by atoms with Crippen molar-refractivity contribution in [3.05, 3.63) is 65.5 Å². The number of nitrogens with one attached hydrogen (secondary N) is 1. The smallest absolute Gasteiger partial charge is 0.269 e. The molecule has 4 rings (SSSR count). The lowest BCUT2D eigenvalue weighted by Crippen LogP contribution is -2.40. The summed E-state index contributed by atoms with van der Waals surface area (Å²) < 4.78 is 10.5. The number of benzene rings is 1. The fourth-order valence-corrected chi connectivity index (χ4v) is 3.72. The summed E-state index contributed by atoms with van der Waals surface area (Å²) in [6, 6.07) is 13.5. The van der Waals surface area contributed by atoms with Crippen LogP contribution in [0.4, 0.5) is 0 Å². The average molecular weight is 407 g/mol. The highest BCUT2D eigenvalue weighted by atomic mass is 16.5. The Morgan fingerprint density at radius 2 is 2.17 bits per heavy atom. The minimum atomic E-state index is -0.555. The van der Waals surface area contributed by atoms with Crippen molar-refractivity contribution in [3.8, 4) is 5.88 Å². The summed E-state index contributed by atoms with van der Waals surface area (Å²) >= 11 is 0. The maximum Gasteiger partial charge on any atom is 0.269 e. The zero-order chi connectivity index (χ0) is 20.9. The maximum atomic E-state index is 12.8. The van der Waals surface area contributed by atoms with Crippen LogP contribution in [-0.2, 0) is 11.2 Å². The van der Waals surface area contributed by atoms with Crippen LogP contribution in [-0.4, -0.2) is 54.0 Å². The van der Waals surface area contributed by atoms with Gasteiger partial charge in [-0.25, -0.2) is 9.97 Å². The van der Waals surface area contributed by atoms with Crippen LogP contribution in [0.15, 0.2) is 48.7 Å². The van der Waals surface area contributed by atoms with Gasteiger partial charge in [0, 0.05) is 36.7 Å². The second-order valence-electron chi connectivity index (χ2n) is 7.47. The molecule has 1 aliphatic heterocycles. The number of amides is 1. The van der Waals surface area contributed by atoms with Gasteiger partial charge in [0.05, 0.1) is 25.3 Å². The van der Waals surface area contributed by atoms with E-state index in [4.69, 9.17) is 9.47 Å². The summed E-state index contributed by atoms with van der Waals surface area (Å²) in [5.41, 5.74) is 3.18. The molecule has 2 aromatic heterocycles. The van der Waals surface area contributed by atoms with Crippen molar-refractivity contribution in [2.24, 2.45) is 5.92 Å². The van der Waals surface area contributed by atoms with Crippen molar-refractivity contribution in [2.75, 3.05) is 26.9 Å². The number of nitrogens with zero attached hydrogens (tertiary/aromatic N) is 2. The lowest BCUT2D eigenvalue weighted by atomic mass is 9.97. The van der Waals surface area contributed by atoms with Gasteiger partial charge in [-0.3, -0.25) is 4.79 Å². The topological polar surface area (TPSA) is 93.6 Å². The molecular weight excluding hydrogens is 382 g/mol. The summed E-state index contributed by atoms with van der Waals surface area (Å²) in [4.78, 5) is 21.5. The van der Waals surface area contributed by atoms with Crippen molar-refractivity contribution < 1.29 is 19.4 Å². The Morgan fingerprint density at radius 3 is 3.00 bits per heavy atom. The number of aliphatic hydroxyl groups excluding tert-OH is 1. The van der Waals surface area contributed by atoms with Crippen LogP contribution in [0.5, 0.6) is 5.88 Å². The molecule has 7 heteroatoms. The lowest BCUT2D eigenvalue weighted by Gasteiger charge is -2.27. The Labute approximate surface area is 175 Å². The monoisotopic (exact) mass is 407 g/mol. The Balaban J connectivity index is 1.58. The minimum Gasteiger partial charge on any atom is -0.481 e. The highest BCUT2D eigenvalue weighted by molar-refractivity contribution is 5.96. The number of hydrogen-bond donors (Lipinski definition) is 2. The molecule has 0 bridgehead atoms. The molecule has 1 amide bonds. The molecule has 0 unspecified atom stereocenters. The van der Waals surface area contributed by atoms with Gasteiger partial charge in [-0.1, -0.05) is 18.2 Å². The molecule has 0 aliphatic carbocycles. The number of ether oxygens (including phenoxy) is 2. The number of aromatic nitrogens is 2. The maximum absolute atomic E-state index is 12.8. The van der Waals surface area contributed by atoms with E-state index in [1.165, 1.54) is 0 Å². The third kappa shape index (κ3) is 4.58. The summed E-state index contributed by atoms with van der Waals surface area (Å²) in [6.45, 7) is 1.31. The molecule has 1 fully saturated rings. The molecule has 2 atom stereocenters. The van der Waals surface area contributed by atoms with Gasteiger partial charge in [-0.05, 0) is 42.2 Å². The van der Waals surface area contributed by atoms with E-state index in [1.807, 2.05) is 42.5 Å². The summed E-state index contributed by atoms with van der Waals surface area (Å²) in [6.07, 6.45) is 2.51. The first-order valence-electron chi connectivity index (χ1n) is 10.1. The van der Waals surface area contributed by atoms with E-state index in [-0.39, 0.29) is 11.8 Å². The van der Waals surface area contributed by atoms with Gasteiger partial charge in [-0.15, -0.1) is 0 Å². The predicted molar refractivity (Wildman–Crippen MR) is 113 cm³/mol. The quantitative estimate of drug-likeness (QED) is 0.652. The molecule has 2 N–H and O–H groups in total. The lowest BCUT2D eigenvalue weighted by molar-refractivity contribution is -0.0425. The Morgan fingerprint density at radius 1 is 1.30 bits per heavy atom. The average Bonchev–Trinajstić information content (AvgIpc) is 2.78. The molecule has 0 spiro atoms. The third-order valence-electron chi connectivity index (χ3n) is 5.43. The molecule has 156 valence electrons. The molecule has 3 aromatic rings. The number of rotatable bonds is 6. The zero-order valence-corrected chi connectivity index (χ0v) is 16.9. The van der Waals surface area contributed by atoms with Gasteiger partial charge in [0.2, 0.25) is 5.88 Å². The summed E-state index contributed by atoms with van der Waals surface area (Å²) in [5, 5.41) is 14.0. The Kier molecular flexibility index (Phi) is 6.21. The number of methoxy groups -OCH3 is 1. The van der Waals surface area contributed by atoms with Crippen molar-refractivity contribution in [2.45, 2.75) is 18.9 Å². The van der Waals surface area contributed by atoms with E-state index in [0.717, 1.165) is 28.5 Å². The van der Waals surface area contributed by atoms with Crippen molar-refractivity contribution in [3.63, 3.8) is 0 Å². The molecule has 7 nitrogen and oxygen atoms in total. The van der Waals surface area contributed by atoms with E-state index in [0.29, 0.717) is 37.8 Å². The van der Waals surface area contributed by atoms with Crippen LogP contribution in [0.2, 0.25) is 0 Å². The fraction of sp³-hybridized carbons (Fsp3) is 0.348. The normalized spacial score (nSPS) is 18.9. The van der Waals surface area contributed by atoms with E-state index in [2.05, 4.69) is 15.3 Å². The molecule has 1 aliphatic rings. The van der Waals surface area contributed by atoms with Crippen LogP contribution in [0.25, 0.3) is 10.9 Å². The van der Waals surface area contributed by atoms with Gasteiger partial charge < -0.3 is 19.9 Å². The van der Waals surface area contributed by atoms with E-state index in [1.54, 1.807) is 13.3 Å². The first kappa shape index (κ1) is 20.3. The number of carbonyl (C=O) groups excluding carboxylic acids is 1. The van der Waals surface area contributed by atoms with Crippen LogP contribution in [0.3, 0.4) is 0 Å². The third-order valence-corrected chi connectivity index (χ3v) is 5.43. The van der Waals surface area contributed by atoms with E-state index < -0.39 is 6.10 Å².